The van der Waals surface area contributed by atoms with Crippen molar-refractivity contribution in [1.82, 2.24) is 0 Å². The van der Waals surface area contributed by atoms with E-state index >= 15 is 0 Å². The molecule has 0 aliphatic heterocycles. The van der Waals surface area contributed by atoms with Crippen LogP contribution in [0.4, 0.5) is 20.2 Å². The molecule has 1 N–H and O–H groups in total. The molecule has 0 spiro atoms. The van der Waals surface area contributed by atoms with Crippen molar-refractivity contribution < 1.29 is 22.0 Å². The lowest BCUT2D eigenvalue weighted by Crippen LogP contribution is -2.33. The van der Waals surface area contributed by atoms with Crippen LogP contribution in [0.2, 0.25) is 0 Å². The second kappa shape index (κ2) is 7.93. The van der Waals surface area contributed by atoms with E-state index in [4.69, 9.17) is 5.26 Å². The van der Waals surface area contributed by atoms with Gasteiger partial charge in [0.1, 0.15) is 23.4 Å². The zero-order chi connectivity index (χ0) is 19.3. The number of anilines is 2. The molecule has 0 radical (unpaired) electrons. The van der Waals surface area contributed by atoms with Gasteiger partial charge in [0.2, 0.25) is 15.9 Å². The van der Waals surface area contributed by atoms with Gasteiger partial charge in [0.15, 0.2) is 0 Å². The Morgan fingerprint density at radius 1 is 1.15 bits per heavy atom. The predicted molar refractivity (Wildman–Crippen MR) is 93.0 cm³/mol. The smallest absolute Gasteiger partial charge is 0.232 e. The summed E-state index contributed by atoms with van der Waals surface area (Å²) in [6, 6.07) is 11.0. The molecule has 0 saturated heterocycles. The number of carbonyl (C=O) groups excluding carboxylic acids is 1. The number of rotatable bonds is 6. The average Bonchev–Trinajstić information content (AvgIpc) is 2.57. The van der Waals surface area contributed by atoms with E-state index in [0.717, 1.165) is 28.8 Å². The lowest BCUT2D eigenvalue weighted by atomic mass is 10.2. The minimum absolute atomic E-state index is 0.124. The fourth-order valence-corrected chi connectivity index (χ4v) is 3.21. The van der Waals surface area contributed by atoms with Crippen LogP contribution >= 0.6 is 0 Å². The Morgan fingerprint density at radius 3 is 2.35 bits per heavy atom. The van der Waals surface area contributed by atoms with E-state index in [1.54, 1.807) is 12.1 Å². The monoisotopic (exact) mass is 379 g/mol. The SMILES string of the molecule is CS(=O)(=O)N(CCC(=O)Nc1c(F)cccc1F)c1ccccc1C#N. The number of carbonyl (C=O) groups is 1. The maximum atomic E-state index is 13.6. The van der Waals surface area contributed by atoms with Crippen molar-refractivity contribution in [2.24, 2.45) is 0 Å². The number of sulfonamides is 1. The summed E-state index contributed by atoms with van der Waals surface area (Å²) in [6.45, 7) is -0.292. The van der Waals surface area contributed by atoms with Crippen LogP contribution in [0.25, 0.3) is 0 Å². The van der Waals surface area contributed by atoms with Crippen LogP contribution in [-0.4, -0.2) is 27.1 Å². The first-order chi connectivity index (χ1) is 12.2. The molecule has 26 heavy (non-hydrogen) atoms. The Morgan fingerprint density at radius 2 is 1.77 bits per heavy atom. The molecule has 0 saturated carbocycles. The lowest BCUT2D eigenvalue weighted by Gasteiger charge is -2.23. The van der Waals surface area contributed by atoms with Gasteiger partial charge in [-0.25, -0.2) is 17.2 Å². The summed E-state index contributed by atoms with van der Waals surface area (Å²) >= 11 is 0. The maximum absolute atomic E-state index is 13.6. The number of nitriles is 1. The summed E-state index contributed by atoms with van der Waals surface area (Å²) < 4.78 is 52.1. The average molecular weight is 379 g/mol. The van der Waals surface area contributed by atoms with Crippen LogP contribution in [0.15, 0.2) is 42.5 Å². The predicted octanol–water partition coefficient (Wildman–Crippen LogP) is 2.63. The third-order valence-electron chi connectivity index (χ3n) is 3.46. The fourth-order valence-electron chi connectivity index (χ4n) is 2.27. The highest BCUT2D eigenvalue weighted by atomic mass is 32.2. The van der Waals surface area contributed by atoms with Gasteiger partial charge in [0, 0.05) is 13.0 Å². The van der Waals surface area contributed by atoms with Gasteiger partial charge in [0.25, 0.3) is 0 Å². The number of nitrogens with one attached hydrogen (secondary N) is 1. The van der Waals surface area contributed by atoms with Gasteiger partial charge in [0.05, 0.1) is 17.5 Å². The van der Waals surface area contributed by atoms with Crippen molar-refractivity contribution in [2.45, 2.75) is 6.42 Å². The molecule has 0 atom stereocenters. The number of halogens is 2. The molecule has 0 aliphatic rings. The van der Waals surface area contributed by atoms with Crippen molar-refractivity contribution >= 4 is 27.3 Å². The topological polar surface area (TPSA) is 90.3 Å². The molecular weight excluding hydrogens is 364 g/mol. The minimum Gasteiger partial charge on any atom is -0.321 e. The number of para-hydroxylation sites is 2. The van der Waals surface area contributed by atoms with Gasteiger partial charge in [-0.1, -0.05) is 18.2 Å². The van der Waals surface area contributed by atoms with Crippen LogP contribution in [0.1, 0.15) is 12.0 Å². The van der Waals surface area contributed by atoms with Crippen molar-refractivity contribution in [3.63, 3.8) is 0 Å². The largest absolute Gasteiger partial charge is 0.321 e. The molecule has 1 amide bonds. The van der Waals surface area contributed by atoms with E-state index < -0.39 is 33.3 Å². The van der Waals surface area contributed by atoms with Crippen molar-refractivity contribution in [2.75, 3.05) is 22.4 Å². The van der Waals surface area contributed by atoms with Crippen molar-refractivity contribution in [3.05, 3.63) is 59.7 Å². The standard InChI is InChI=1S/C17H15F2N3O3S/c1-26(24,25)22(15-8-3-2-5-12(15)11-20)10-9-16(23)21-17-13(18)6-4-7-14(17)19/h2-8H,9-10H2,1H3,(H,21,23). The van der Waals surface area contributed by atoms with E-state index in [1.165, 1.54) is 12.1 Å². The normalized spacial score (nSPS) is 10.8. The molecule has 0 heterocycles. The lowest BCUT2D eigenvalue weighted by molar-refractivity contribution is -0.116. The molecule has 2 aromatic carbocycles. The van der Waals surface area contributed by atoms with E-state index in [-0.39, 0.29) is 24.2 Å². The second-order valence-electron chi connectivity index (χ2n) is 5.36. The molecule has 2 aromatic rings. The Kier molecular flexibility index (Phi) is 5.90. The summed E-state index contributed by atoms with van der Waals surface area (Å²) in [7, 11) is -3.78. The second-order valence-corrected chi connectivity index (χ2v) is 7.27. The Hall–Kier alpha value is -2.99. The van der Waals surface area contributed by atoms with E-state index in [0.29, 0.717) is 0 Å². The van der Waals surface area contributed by atoms with Crippen LogP contribution in [0.5, 0.6) is 0 Å². The van der Waals surface area contributed by atoms with Gasteiger partial charge < -0.3 is 5.32 Å². The highest BCUT2D eigenvalue weighted by Crippen LogP contribution is 2.23. The molecular formula is C17H15F2N3O3S. The zero-order valence-electron chi connectivity index (χ0n) is 13.7. The highest BCUT2D eigenvalue weighted by Gasteiger charge is 2.22. The summed E-state index contributed by atoms with van der Waals surface area (Å²) in [5, 5.41) is 11.2. The number of nitrogens with zero attached hydrogens (tertiary/aromatic N) is 2. The minimum atomic E-state index is -3.78. The molecule has 0 aromatic heterocycles. The van der Waals surface area contributed by atoms with Crippen molar-refractivity contribution in [3.8, 4) is 6.07 Å². The molecule has 6 nitrogen and oxygen atoms in total. The van der Waals surface area contributed by atoms with Gasteiger partial charge in [-0.3, -0.25) is 9.10 Å². The van der Waals surface area contributed by atoms with Gasteiger partial charge in [-0.15, -0.1) is 0 Å². The van der Waals surface area contributed by atoms with E-state index in [2.05, 4.69) is 5.32 Å². The summed E-state index contributed by atoms with van der Waals surface area (Å²) in [5.74, 6) is -2.64. The van der Waals surface area contributed by atoms with E-state index in [9.17, 15) is 22.0 Å². The molecule has 9 heteroatoms. The number of amides is 1. The molecule has 0 bridgehead atoms. The number of benzene rings is 2. The first-order valence-electron chi connectivity index (χ1n) is 7.44. The number of hydrogen-bond donors (Lipinski definition) is 1. The van der Waals surface area contributed by atoms with Crippen LogP contribution in [0.3, 0.4) is 0 Å². The zero-order valence-corrected chi connectivity index (χ0v) is 14.6. The van der Waals surface area contributed by atoms with Crippen molar-refractivity contribution in [1.29, 1.82) is 5.26 Å². The Balaban J connectivity index is 2.18. The third-order valence-corrected chi connectivity index (χ3v) is 4.64. The maximum Gasteiger partial charge on any atom is 0.232 e. The van der Waals surface area contributed by atoms with Crippen LogP contribution < -0.4 is 9.62 Å². The fraction of sp³-hybridized carbons (Fsp3) is 0.176. The molecule has 0 aliphatic carbocycles. The summed E-state index contributed by atoms with van der Waals surface area (Å²) in [4.78, 5) is 12.0. The molecule has 2 rings (SSSR count). The summed E-state index contributed by atoms with van der Waals surface area (Å²) in [5.41, 5.74) is -0.346. The van der Waals surface area contributed by atoms with Gasteiger partial charge >= 0.3 is 0 Å². The Bertz CT molecular complexity index is 951. The third kappa shape index (κ3) is 4.55. The van der Waals surface area contributed by atoms with E-state index in [1.807, 2.05) is 6.07 Å². The molecule has 0 fully saturated rings. The first kappa shape index (κ1) is 19.3. The Labute approximate surface area is 149 Å². The highest BCUT2D eigenvalue weighted by molar-refractivity contribution is 7.92. The first-order valence-corrected chi connectivity index (χ1v) is 9.29. The van der Waals surface area contributed by atoms with Crippen LogP contribution in [-0.2, 0) is 14.8 Å². The summed E-state index contributed by atoms with van der Waals surface area (Å²) in [6.07, 6.45) is 0.580. The van der Waals surface area contributed by atoms with Crippen LogP contribution in [0, 0.1) is 23.0 Å². The molecule has 0 unspecified atom stereocenters. The quantitative estimate of drug-likeness (QED) is 0.835. The number of hydrogen-bond acceptors (Lipinski definition) is 4. The van der Waals surface area contributed by atoms with Gasteiger partial charge in [-0.05, 0) is 24.3 Å². The molecule has 136 valence electrons. The van der Waals surface area contributed by atoms with Gasteiger partial charge in [-0.2, -0.15) is 5.26 Å².